The van der Waals surface area contributed by atoms with Crippen molar-refractivity contribution in [2.24, 2.45) is 5.92 Å². The zero-order chi connectivity index (χ0) is 25.0. The quantitative estimate of drug-likeness (QED) is 0.459. The number of carbonyl (C=O) groups is 1. The van der Waals surface area contributed by atoms with Gasteiger partial charge in [-0.15, -0.1) is 13.2 Å². The summed E-state index contributed by atoms with van der Waals surface area (Å²) in [5.41, 5.74) is 0.887. The van der Waals surface area contributed by atoms with Crippen LogP contribution < -0.4 is 10.1 Å². The van der Waals surface area contributed by atoms with Gasteiger partial charge in [0.15, 0.2) is 11.5 Å². The Morgan fingerprint density at radius 3 is 2.46 bits per heavy atom. The van der Waals surface area contributed by atoms with Gasteiger partial charge in [-0.2, -0.15) is 0 Å². The molecule has 1 saturated heterocycles. The Balaban J connectivity index is 1.22. The molecule has 0 aliphatic carbocycles. The smallest absolute Gasteiger partial charge is 0.406 e. The first kappa shape index (κ1) is 24.6. The molecular formula is C24H22F5N3O3. The van der Waals surface area contributed by atoms with Crippen LogP contribution in [0.1, 0.15) is 28.9 Å². The lowest BCUT2D eigenvalue weighted by Gasteiger charge is -2.32. The normalized spacial score (nSPS) is 15.2. The topological polar surface area (TPSA) is 67.6 Å². The third-order valence-corrected chi connectivity index (χ3v) is 5.76. The summed E-state index contributed by atoms with van der Waals surface area (Å²) in [5, 5.41) is 6.48. The number of hydrogen-bond acceptors (Lipinski definition) is 5. The number of carbonyl (C=O) groups excluding carboxylic acids is 1. The first-order valence-corrected chi connectivity index (χ1v) is 10.9. The Kier molecular flexibility index (Phi) is 7.34. The van der Waals surface area contributed by atoms with E-state index in [0.717, 1.165) is 43.6 Å². The van der Waals surface area contributed by atoms with E-state index in [-0.39, 0.29) is 28.7 Å². The Morgan fingerprint density at radius 1 is 1.09 bits per heavy atom. The van der Waals surface area contributed by atoms with E-state index in [2.05, 4.69) is 20.1 Å². The second-order valence-electron chi connectivity index (χ2n) is 8.32. The average Bonchev–Trinajstić information content (AvgIpc) is 3.29. The van der Waals surface area contributed by atoms with Crippen molar-refractivity contribution in [3.05, 3.63) is 71.4 Å². The molecule has 2 aromatic carbocycles. The number of piperidine rings is 1. The molecule has 0 atom stereocenters. The van der Waals surface area contributed by atoms with Crippen molar-refractivity contribution in [2.75, 3.05) is 19.6 Å². The van der Waals surface area contributed by atoms with Crippen LogP contribution in [0.25, 0.3) is 11.3 Å². The first-order chi connectivity index (χ1) is 16.7. The number of aromatic nitrogens is 1. The van der Waals surface area contributed by atoms with Crippen LogP contribution in [0.2, 0.25) is 0 Å². The molecule has 1 amide bonds. The van der Waals surface area contributed by atoms with Crippen molar-refractivity contribution < 1.29 is 36.0 Å². The Bertz CT molecular complexity index is 1160. The molecule has 0 spiro atoms. The number of hydrogen-bond donors (Lipinski definition) is 1. The molecule has 0 saturated carbocycles. The predicted molar refractivity (Wildman–Crippen MR) is 115 cm³/mol. The van der Waals surface area contributed by atoms with Crippen LogP contribution in [0.4, 0.5) is 22.0 Å². The highest BCUT2D eigenvalue weighted by molar-refractivity contribution is 5.93. The summed E-state index contributed by atoms with van der Waals surface area (Å²) >= 11 is 0. The minimum Gasteiger partial charge on any atom is -0.406 e. The molecule has 0 unspecified atom stereocenters. The monoisotopic (exact) mass is 495 g/mol. The average molecular weight is 495 g/mol. The molecule has 0 bridgehead atoms. The van der Waals surface area contributed by atoms with Gasteiger partial charge >= 0.3 is 6.36 Å². The molecule has 1 aliphatic heterocycles. The molecular weight excluding hydrogens is 473 g/mol. The van der Waals surface area contributed by atoms with Crippen molar-refractivity contribution in [2.45, 2.75) is 25.7 Å². The molecule has 3 aromatic rings. The molecule has 1 aliphatic rings. The van der Waals surface area contributed by atoms with Crippen LogP contribution in [0.5, 0.6) is 5.75 Å². The summed E-state index contributed by atoms with van der Waals surface area (Å²) < 4.78 is 72.7. The molecule has 1 fully saturated rings. The Hall–Kier alpha value is -3.47. The van der Waals surface area contributed by atoms with Crippen molar-refractivity contribution in [3.8, 4) is 17.1 Å². The van der Waals surface area contributed by atoms with E-state index >= 15 is 0 Å². The van der Waals surface area contributed by atoms with Gasteiger partial charge in [0.05, 0.1) is 5.56 Å². The standard InChI is InChI=1S/C24H22F5N3O3/c25-17-3-6-19(20(26)11-17)22-12-21(31-35-22)23(33)30-13-15-7-9-32(10-8-15)14-16-1-4-18(5-2-16)34-24(27,28)29/h1-6,11-12,15H,7-10,13-14H2,(H,30,33). The summed E-state index contributed by atoms with van der Waals surface area (Å²) in [7, 11) is 0. The Labute approximate surface area is 197 Å². The molecule has 2 heterocycles. The maximum absolute atomic E-state index is 13.9. The molecule has 186 valence electrons. The van der Waals surface area contributed by atoms with Crippen LogP contribution in [-0.2, 0) is 6.54 Å². The highest BCUT2D eigenvalue weighted by atomic mass is 19.4. The summed E-state index contributed by atoms with van der Waals surface area (Å²) in [4.78, 5) is 14.6. The lowest BCUT2D eigenvalue weighted by Crippen LogP contribution is -2.38. The fourth-order valence-corrected chi connectivity index (χ4v) is 3.93. The van der Waals surface area contributed by atoms with Gasteiger partial charge in [0.25, 0.3) is 5.91 Å². The van der Waals surface area contributed by atoms with Gasteiger partial charge in [-0.1, -0.05) is 17.3 Å². The number of ether oxygens (including phenoxy) is 1. The zero-order valence-electron chi connectivity index (χ0n) is 18.4. The number of alkyl halides is 3. The van der Waals surface area contributed by atoms with E-state index < -0.39 is 23.9 Å². The highest BCUT2D eigenvalue weighted by Gasteiger charge is 2.31. The van der Waals surface area contributed by atoms with E-state index in [9.17, 15) is 26.7 Å². The van der Waals surface area contributed by atoms with Crippen LogP contribution in [0, 0.1) is 17.6 Å². The predicted octanol–water partition coefficient (Wildman–Crippen LogP) is 5.16. The highest BCUT2D eigenvalue weighted by Crippen LogP contribution is 2.25. The molecule has 35 heavy (non-hydrogen) atoms. The van der Waals surface area contributed by atoms with Gasteiger partial charge in [-0.3, -0.25) is 9.69 Å². The molecule has 1 aromatic heterocycles. The van der Waals surface area contributed by atoms with E-state index in [1.165, 1.54) is 24.3 Å². The minimum atomic E-state index is -4.71. The lowest BCUT2D eigenvalue weighted by molar-refractivity contribution is -0.274. The third kappa shape index (κ3) is 6.78. The van der Waals surface area contributed by atoms with E-state index in [0.29, 0.717) is 13.1 Å². The minimum absolute atomic E-state index is 0.000824. The van der Waals surface area contributed by atoms with Gasteiger partial charge in [0, 0.05) is 25.2 Å². The second-order valence-corrected chi connectivity index (χ2v) is 8.32. The fraction of sp³-hybridized carbons (Fsp3) is 0.333. The van der Waals surface area contributed by atoms with Gasteiger partial charge in [-0.05, 0) is 61.7 Å². The van der Waals surface area contributed by atoms with Crippen molar-refractivity contribution in [3.63, 3.8) is 0 Å². The van der Waals surface area contributed by atoms with Gasteiger partial charge in [0.2, 0.25) is 0 Å². The van der Waals surface area contributed by atoms with E-state index in [1.807, 2.05) is 0 Å². The van der Waals surface area contributed by atoms with Crippen LogP contribution in [0.15, 0.2) is 53.1 Å². The maximum atomic E-state index is 13.9. The fourth-order valence-electron chi connectivity index (χ4n) is 3.93. The second kappa shape index (κ2) is 10.4. The maximum Gasteiger partial charge on any atom is 0.573 e. The summed E-state index contributed by atoms with van der Waals surface area (Å²) in [6.07, 6.45) is -3.05. The van der Waals surface area contributed by atoms with Crippen LogP contribution in [0.3, 0.4) is 0 Å². The number of nitrogens with zero attached hydrogens (tertiary/aromatic N) is 2. The number of benzene rings is 2. The number of nitrogens with one attached hydrogen (secondary N) is 1. The van der Waals surface area contributed by atoms with Gasteiger partial charge in [0.1, 0.15) is 17.4 Å². The summed E-state index contributed by atoms with van der Waals surface area (Å²) in [6, 6.07) is 10.1. The SMILES string of the molecule is O=C(NCC1CCN(Cc2ccc(OC(F)(F)F)cc2)CC1)c1cc(-c2ccc(F)cc2F)on1. The summed E-state index contributed by atoms with van der Waals surface area (Å²) in [5.74, 6) is -1.96. The first-order valence-electron chi connectivity index (χ1n) is 10.9. The Morgan fingerprint density at radius 2 is 1.80 bits per heavy atom. The molecule has 4 rings (SSSR count). The molecule has 0 radical (unpaired) electrons. The van der Waals surface area contributed by atoms with Gasteiger partial charge < -0.3 is 14.6 Å². The molecule has 11 heteroatoms. The summed E-state index contributed by atoms with van der Waals surface area (Å²) in [6.45, 7) is 2.59. The van der Waals surface area contributed by atoms with Crippen LogP contribution in [-0.4, -0.2) is 42.0 Å². The van der Waals surface area contributed by atoms with Crippen molar-refractivity contribution in [1.29, 1.82) is 0 Å². The number of likely N-dealkylation sites (tertiary alicyclic amines) is 1. The molecule has 1 N–H and O–H groups in total. The zero-order valence-corrected chi connectivity index (χ0v) is 18.4. The van der Waals surface area contributed by atoms with E-state index in [4.69, 9.17) is 4.52 Å². The largest absolute Gasteiger partial charge is 0.573 e. The lowest BCUT2D eigenvalue weighted by atomic mass is 9.96. The van der Waals surface area contributed by atoms with Gasteiger partial charge in [-0.25, -0.2) is 8.78 Å². The third-order valence-electron chi connectivity index (χ3n) is 5.76. The van der Waals surface area contributed by atoms with Crippen molar-refractivity contribution in [1.82, 2.24) is 15.4 Å². The van der Waals surface area contributed by atoms with Crippen molar-refractivity contribution >= 4 is 5.91 Å². The number of halogens is 5. The molecule has 6 nitrogen and oxygen atoms in total. The number of rotatable bonds is 7. The number of amides is 1. The van der Waals surface area contributed by atoms with Crippen LogP contribution >= 0.6 is 0 Å². The van der Waals surface area contributed by atoms with E-state index in [1.54, 1.807) is 12.1 Å².